The van der Waals surface area contributed by atoms with E-state index in [2.05, 4.69) is 6.92 Å². The fourth-order valence-corrected chi connectivity index (χ4v) is 2.56. The lowest BCUT2D eigenvalue weighted by Gasteiger charge is -2.03. The van der Waals surface area contributed by atoms with E-state index in [1.807, 2.05) is 0 Å². The summed E-state index contributed by atoms with van der Waals surface area (Å²) in [5.74, 6) is 0.770. The summed E-state index contributed by atoms with van der Waals surface area (Å²) in [6.07, 6.45) is 10.5. The summed E-state index contributed by atoms with van der Waals surface area (Å²) < 4.78 is 16.5. The fourth-order valence-electron chi connectivity index (χ4n) is 1.84. The Kier molecular flexibility index (Phi) is 8.10. The second-order valence-electron chi connectivity index (χ2n) is 4.47. The van der Waals surface area contributed by atoms with Crippen molar-refractivity contribution in [2.24, 2.45) is 0 Å². The second-order valence-corrected chi connectivity index (χ2v) is 5.64. The van der Waals surface area contributed by atoms with Gasteiger partial charge in [-0.25, -0.2) is 0 Å². The van der Waals surface area contributed by atoms with Gasteiger partial charge in [-0.1, -0.05) is 62.6 Å². The van der Waals surface area contributed by atoms with Gasteiger partial charge in [0.25, 0.3) is 0 Å². The summed E-state index contributed by atoms with van der Waals surface area (Å²) >= 11 is 0. The minimum atomic E-state index is -0.934. The molecule has 0 aliphatic heterocycles. The largest absolute Gasteiger partial charge is 0.591 e. The van der Waals surface area contributed by atoms with E-state index in [4.69, 9.17) is 4.74 Å². The number of thiophene rings is 1. The van der Waals surface area contributed by atoms with E-state index in [-0.39, 0.29) is 0 Å². The molecule has 1 aromatic heterocycles. The Balaban J connectivity index is 1.84. The van der Waals surface area contributed by atoms with E-state index < -0.39 is 10.8 Å². The first-order valence-corrected chi connectivity index (χ1v) is 8.02. The van der Waals surface area contributed by atoms with Crippen LogP contribution >= 0.6 is 10.8 Å². The smallest absolute Gasteiger partial charge is 0.178 e. The highest BCUT2D eigenvalue weighted by atomic mass is 32.2. The van der Waals surface area contributed by atoms with Crippen LogP contribution in [-0.2, 0) is 0 Å². The zero-order valence-electron chi connectivity index (χ0n) is 10.8. The van der Waals surface area contributed by atoms with Gasteiger partial charge in [0, 0.05) is 6.07 Å². The van der Waals surface area contributed by atoms with Crippen molar-refractivity contribution in [3.05, 3.63) is 16.8 Å². The molecule has 0 amide bonds. The number of hydrogen-bond acceptors (Lipinski definition) is 2. The van der Waals surface area contributed by atoms with Gasteiger partial charge in [0.2, 0.25) is 0 Å². The third-order valence-electron chi connectivity index (χ3n) is 2.87. The Hall–Kier alpha value is -0.540. The van der Waals surface area contributed by atoms with Crippen LogP contribution in [0.3, 0.4) is 0 Å². The van der Waals surface area contributed by atoms with Gasteiger partial charge >= 0.3 is 0 Å². The van der Waals surface area contributed by atoms with Crippen LogP contribution in [0.25, 0.3) is 0 Å². The highest BCUT2D eigenvalue weighted by Crippen LogP contribution is 2.22. The van der Waals surface area contributed by atoms with Crippen molar-refractivity contribution >= 4 is 10.8 Å². The summed E-state index contributed by atoms with van der Waals surface area (Å²) in [6.45, 7) is 3.00. The molecule has 3 heteroatoms. The van der Waals surface area contributed by atoms with Crippen LogP contribution in [0.1, 0.15) is 58.3 Å². The molecule has 0 spiro atoms. The predicted molar refractivity (Wildman–Crippen MR) is 73.2 cm³/mol. The highest BCUT2D eigenvalue weighted by Gasteiger charge is 1.99. The van der Waals surface area contributed by atoms with Crippen LogP contribution < -0.4 is 4.74 Å². The van der Waals surface area contributed by atoms with Crippen molar-refractivity contribution in [3.8, 4) is 5.75 Å². The van der Waals surface area contributed by atoms with Gasteiger partial charge in [-0.15, -0.1) is 0 Å². The normalized spacial score (nSPS) is 11.8. The molecule has 0 saturated heterocycles. The monoisotopic (exact) mass is 256 g/mol. The van der Waals surface area contributed by atoms with E-state index in [0.29, 0.717) is 0 Å². The number of hydrogen-bond donors (Lipinski definition) is 0. The van der Waals surface area contributed by atoms with E-state index in [1.54, 1.807) is 16.8 Å². The first-order chi connectivity index (χ1) is 8.33. The maximum atomic E-state index is 11.0. The van der Waals surface area contributed by atoms with Crippen LogP contribution in [0.4, 0.5) is 0 Å². The lowest BCUT2D eigenvalue weighted by atomic mass is 10.1. The Morgan fingerprint density at radius 2 is 1.71 bits per heavy atom. The Labute approximate surface area is 108 Å². The zero-order valence-corrected chi connectivity index (χ0v) is 11.6. The van der Waals surface area contributed by atoms with Crippen molar-refractivity contribution in [3.63, 3.8) is 0 Å². The van der Waals surface area contributed by atoms with Gasteiger partial charge in [-0.2, -0.15) is 0 Å². The van der Waals surface area contributed by atoms with E-state index in [1.165, 1.54) is 44.9 Å². The van der Waals surface area contributed by atoms with Crippen molar-refractivity contribution in [2.45, 2.75) is 58.3 Å². The maximum Gasteiger partial charge on any atom is 0.178 e. The number of ether oxygens (including phenoxy) is 1. The maximum absolute atomic E-state index is 11.0. The third-order valence-corrected chi connectivity index (χ3v) is 3.73. The van der Waals surface area contributed by atoms with Crippen molar-refractivity contribution < 1.29 is 9.29 Å². The molecular weight excluding hydrogens is 232 g/mol. The van der Waals surface area contributed by atoms with E-state index in [0.717, 1.165) is 18.8 Å². The third kappa shape index (κ3) is 7.40. The van der Waals surface area contributed by atoms with Gasteiger partial charge in [0.1, 0.15) is 5.38 Å². The van der Waals surface area contributed by atoms with Crippen molar-refractivity contribution in [1.29, 1.82) is 0 Å². The average Bonchev–Trinajstić information content (AvgIpc) is 2.73. The van der Waals surface area contributed by atoms with Gasteiger partial charge in [-0.05, 0) is 6.42 Å². The summed E-state index contributed by atoms with van der Waals surface area (Å²) in [4.78, 5) is 0. The molecule has 0 bridgehead atoms. The summed E-state index contributed by atoms with van der Waals surface area (Å²) in [5.41, 5.74) is 0. The predicted octanol–water partition coefficient (Wildman–Crippen LogP) is 4.93. The van der Waals surface area contributed by atoms with Crippen LogP contribution in [0.5, 0.6) is 5.75 Å². The van der Waals surface area contributed by atoms with E-state index >= 15 is 0 Å². The fraction of sp³-hybridized carbons (Fsp3) is 0.714. The summed E-state index contributed by atoms with van der Waals surface area (Å²) in [7, 11) is -0.934. The molecule has 1 unspecified atom stereocenters. The Morgan fingerprint density at radius 1 is 1.06 bits per heavy atom. The SMILES string of the molecule is CCCCCCCCCCOc1cc[s+]([O-])c1. The molecule has 1 rings (SSSR count). The molecule has 0 radical (unpaired) electrons. The number of unbranched alkanes of at least 4 members (excludes halogenated alkanes) is 7. The van der Waals surface area contributed by atoms with Crippen LogP contribution in [0.2, 0.25) is 0 Å². The molecule has 1 aromatic rings. The molecule has 0 saturated carbocycles. The average molecular weight is 256 g/mol. The molecule has 0 fully saturated rings. The molecule has 0 aliphatic rings. The van der Waals surface area contributed by atoms with Crippen LogP contribution in [-0.4, -0.2) is 11.2 Å². The summed E-state index contributed by atoms with van der Waals surface area (Å²) in [6, 6.07) is 1.79. The standard InChI is InChI=1S/C14H24O2S/c1-2-3-4-5-6-7-8-9-11-16-14-10-12-17(15)13-14/h10,12-13H,2-9,11H2,1H3. The summed E-state index contributed by atoms with van der Waals surface area (Å²) in [5, 5.41) is 3.31. The second kappa shape index (κ2) is 9.49. The molecule has 0 aromatic carbocycles. The molecule has 0 aliphatic carbocycles. The van der Waals surface area contributed by atoms with Gasteiger partial charge in [0.15, 0.2) is 11.1 Å². The van der Waals surface area contributed by atoms with Gasteiger partial charge in [0.05, 0.1) is 6.61 Å². The van der Waals surface area contributed by atoms with Crippen LogP contribution in [0, 0.1) is 0 Å². The van der Waals surface area contributed by atoms with Crippen LogP contribution in [0.15, 0.2) is 16.8 Å². The quantitative estimate of drug-likeness (QED) is 0.439. The molecule has 0 N–H and O–H groups in total. The molecule has 2 nitrogen and oxygen atoms in total. The minimum absolute atomic E-state index is 0.752. The molecule has 1 heterocycles. The Bertz CT molecular complexity index is 284. The topological polar surface area (TPSA) is 32.3 Å². The first-order valence-electron chi connectivity index (χ1n) is 6.75. The highest BCUT2D eigenvalue weighted by molar-refractivity contribution is 7.22. The van der Waals surface area contributed by atoms with Gasteiger partial charge in [-0.3, -0.25) is 0 Å². The lowest BCUT2D eigenvalue weighted by molar-refractivity contribution is 0.305. The van der Waals surface area contributed by atoms with Crippen molar-refractivity contribution in [1.82, 2.24) is 0 Å². The molecule has 1 atom stereocenters. The molecule has 17 heavy (non-hydrogen) atoms. The Morgan fingerprint density at radius 3 is 2.29 bits per heavy atom. The minimum Gasteiger partial charge on any atom is -0.591 e. The first kappa shape index (κ1) is 14.5. The molecule has 98 valence electrons. The van der Waals surface area contributed by atoms with Crippen molar-refractivity contribution in [2.75, 3.05) is 6.61 Å². The zero-order chi connectivity index (χ0) is 12.3. The lowest BCUT2D eigenvalue weighted by Crippen LogP contribution is -1.95. The molecular formula is C14H24O2S. The van der Waals surface area contributed by atoms with Gasteiger partial charge < -0.3 is 9.29 Å². The number of rotatable bonds is 10. The van der Waals surface area contributed by atoms with E-state index in [9.17, 15) is 4.55 Å².